The Balaban J connectivity index is 2.54. The number of hydrogen-bond donors (Lipinski definition) is 0. The molecule has 0 atom stereocenters. The molecule has 0 heterocycles. The van der Waals surface area contributed by atoms with Gasteiger partial charge in [-0.05, 0) is 17.2 Å². The summed E-state index contributed by atoms with van der Waals surface area (Å²) >= 11 is 0. The van der Waals surface area contributed by atoms with Crippen molar-refractivity contribution < 1.29 is 0 Å². The zero-order chi connectivity index (χ0) is 8.13. The molecule has 1 aromatic carbocycles. The van der Waals surface area contributed by atoms with Crippen molar-refractivity contribution >= 4 is 10.8 Å². The molecule has 2 aliphatic carbocycles. The molecule has 0 saturated carbocycles. The fourth-order valence-electron chi connectivity index (χ4n) is 1.66. The average Bonchev–Trinajstić information content (AvgIpc) is 2.63. The van der Waals surface area contributed by atoms with Crippen molar-refractivity contribution in [1.29, 1.82) is 0 Å². The van der Waals surface area contributed by atoms with Crippen LogP contribution in [0.3, 0.4) is 0 Å². The third kappa shape index (κ3) is 0.565. The third-order valence-electron chi connectivity index (χ3n) is 2.32. The maximum Gasteiger partial charge on any atom is 0.195 e. The molecule has 0 N–H and O–H groups in total. The summed E-state index contributed by atoms with van der Waals surface area (Å²) in [5.74, 6) is 0. The van der Waals surface area contributed by atoms with E-state index in [1.54, 1.807) is 0 Å². The molecule has 0 amide bonds. The minimum absolute atomic E-state index is 0.230. The van der Waals surface area contributed by atoms with Crippen molar-refractivity contribution in [2.75, 3.05) is 0 Å². The second-order valence-electron chi connectivity index (χ2n) is 3.04. The Morgan fingerprint density at radius 2 is 1.83 bits per heavy atom. The molecule has 56 valence electrons. The Morgan fingerprint density at radius 1 is 1.00 bits per heavy atom. The largest absolute Gasteiger partial charge is 0.289 e. The SMILES string of the molecule is O=c1c2cc3cccccc-3c12. The Labute approximate surface area is 69.3 Å². The van der Waals surface area contributed by atoms with Crippen molar-refractivity contribution in [2.45, 2.75) is 0 Å². The molecule has 0 aliphatic heterocycles. The van der Waals surface area contributed by atoms with Crippen LogP contribution in [0.15, 0.2) is 41.2 Å². The van der Waals surface area contributed by atoms with E-state index in [2.05, 4.69) is 0 Å². The topological polar surface area (TPSA) is 17.1 Å². The summed E-state index contributed by atoms with van der Waals surface area (Å²) < 4.78 is 0. The third-order valence-corrected chi connectivity index (χ3v) is 2.32. The summed E-state index contributed by atoms with van der Waals surface area (Å²) in [5, 5.41) is 1.84. The molecular weight excluding hydrogens is 148 g/mol. The van der Waals surface area contributed by atoms with Crippen LogP contribution in [0.5, 0.6) is 0 Å². The number of hydrogen-bond acceptors (Lipinski definition) is 1. The van der Waals surface area contributed by atoms with Crippen LogP contribution in [0.4, 0.5) is 0 Å². The van der Waals surface area contributed by atoms with E-state index >= 15 is 0 Å². The van der Waals surface area contributed by atoms with Gasteiger partial charge in [-0.25, -0.2) is 0 Å². The number of benzene rings is 1. The quantitative estimate of drug-likeness (QED) is 0.485. The van der Waals surface area contributed by atoms with Gasteiger partial charge >= 0.3 is 0 Å². The molecule has 0 bridgehead atoms. The Morgan fingerprint density at radius 3 is 2.75 bits per heavy atom. The van der Waals surface area contributed by atoms with Gasteiger partial charge in [0.2, 0.25) is 0 Å². The van der Waals surface area contributed by atoms with Gasteiger partial charge in [-0.3, -0.25) is 4.79 Å². The lowest BCUT2D eigenvalue weighted by atomic mass is 10.2. The molecule has 1 aromatic rings. The zero-order valence-corrected chi connectivity index (χ0v) is 6.37. The molecule has 3 rings (SSSR count). The predicted octanol–water partition coefficient (Wildman–Crippen LogP) is 2.18. The summed E-state index contributed by atoms with van der Waals surface area (Å²) in [5.41, 5.74) is 2.50. The van der Waals surface area contributed by atoms with Crippen LogP contribution < -0.4 is 5.43 Å². The molecule has 2 aliphatic rings. The van der Waals surface area contributed by atoms with Crippen LogP contribution in [-0.4, -0.2) is 0 Å². The second kappa shape index (κ2) is 1.75. The number of rotatable bonds is 0. The van der Waals surface area contributed by atoms with E-state index in [0.717, 1.165) is 16.3 Å². The van der Waals surface area contributed by atoms with Crippen LogP contribution in [-0.2, 0) is 0 Å². The van der Waals surface area contributed by atoms with E-state index in [1.165, 1.54) is 5.56 Å². The average molecular weight is 154 g/mol. The zero-order valence-electron chi connectivity index (χ0n) is 6.37. The summed E-state index contributed by atoms with van der Waals surface area (Å²) in [6.45, 7) is 0. The standard InChI is InChI=1S/C11H6O/c12-11-9-6-7-4-2-1-3-5-8(7)10(9)11/h1-6H. The molecule has 0 fully saturated rings. The lowest BCUT2D eigenvalue weighted by Crippen LogP contribution is -1.77. The first-order valence-electron chi connectivity index (χ1n) is 3.94. The van der Waals surface area contributed by atoms with Crippen LogP contribution in [0.25, 0.3) is 21.9 Å². The molecule has 0 radical (unpaired) electrons. The lowest BCUT2D eigenvalue weighted by molar-refractivity contribution is 1.83. The van der Waals surface area contributed by atoms with Gasteiger partial charge in [0.25, 0.3) is 0 Å². The molecule has 1 heteroatoms. The first kappa shape index (κ1) is 5.95. The Kier molecular flexibility index (Phi) is 0.867. The predicted molar refractivity (Wildman–Crippen MR) is 49.2 cm³/mol. The molecule has 0 saturated heterocycles. The van der Waals surface area contributed by atoms with Gasteiger partial charge in [-0.2, -0.15) is 0 Å². The van der Waals surface area contributed by atoms with Crippen molar-refractivity contribution in [3.05, 3.63) is 46.6 Å². The van der Waals surface area contributed by atoms with Crippen molar-refractivity contribution in [3.63, 3.8) is 0 Å². The first-order chi connectivity index (χ1) is 5.88. The van der Waals surface area contributed by atoms with Gasteiger partial charge in [0.05, 0.1) is 0 Å². The van der Waals surface area contributed by atoms with E-state index in [4.69, 9.17) is 0 Å². The lowest BCUT2D eigenvalue weighted by Gasteiger charge is -1.88. The fourth-order valence-corrected chi connectivity index (χ4v) is 1.66. The summed E-state index contributed by atoms with van der Waals surface area (Å²) in [6, 6.07) is 11.9. The summed E-state index contributed by atoms with van der Waals surface area (Å²) in [7, 11) is 0. The van der Waals surface area contributed by atoms with Crippen LogP contribution in [0.2, 0.25) is 0 Å². The minimum atomic E-state index is 0.230. The summed E-state index contributed by atoms with van der Waals surface area (Å²) in [4.78, 5) is 11.1. The van der Waals surface area contributed by atoms with Gasteiger partial charge in [0.15, 0.2) is 5.43 Å². The monoisotopic (exact) mass is 154 g/mol. The van der Waals surface area contributed by atoms with Gasteiger partial charge in [-0.15, -0.1) is 0 Å². The van der Waals surface area contributed by atoms with Crippen LogP contribution in [0.1, 0.15) is 0 Å². The maximum atomic E-state index is 11.1. The van der Waals surface area contributed by atoms with E-state index in [-0.39, 0.29) is 5.43 Å². The van der Waals surface area contributed by atoms with Crippen molar-refractivity contribution in [3.8, 4) is 11.1 Å². The van der Waals surface area contributed by atoms with E-state index in [1.807, 2.05) is 36.4 Å². The van der Waals surface area contributed by atoms with Gasteiger partial charge in [-0.1, -0.05) is 30.3 Å². The molecule has 0 spiro atoms. The molecule has 0 aromatic heterocycles. The first-order valence-corrected chi connectivity index (χ1v) is 3.94. The second-order valence-corrected chi connectivity index (χ2v) is 3.04. The van der Waals surface area contributed by atoms with Crippen molar-refractivity contribution in [2.24, 2.45) is 0 Å². The Hall–Kier alpha value is -1.63. The van der Waals surface area contributed by atoms with Crippen LogP contribution in [0, 0.1) is 0 Å². The van der Waals surface area contributed by atoms with E-state index in [9.17, 15) is 4.79 Å². The highest BCUT2D eigenvalue weighted by molar-refractivity contribution is 6.12. The maximum absolute atomic E-state index is 11.1. The van der Waals surface area contributed by atoms with Crippen molar-refractivity contribution in [1.82, 2.24) is 0 Å². The summed E-state index contributed by atoms with van der Waals surface area (Å²) in [6.07, 6.45) is 0. The van der Waals surface area contributed by atoms with E-state index < -0.39 is 0 Å². The minimum Gasteiger partial charge on any atom is -0.289 e. The Bertz CT molecular complexity index is 541. The highest BCUT2D eigenvalue weighted by Crippen LogP contribution is 2.34. The number of fused-ring (bicyclic) bond motifs is 3. The highest BCUT2D eigenvalue weighted by Gasteiger charge is 2.20. The van der Waals surface area contributed by atoms with Gasteiger partial charge in [0.1, 0.15) is 0 Å². The fraction of sp³-hybridized carbons (Fsp3) is 0. The van der Waals surface area contributed by atoms with Gasteiger partial charge < -0.3 is 0 Å². The van der Waals surface area contributed by atoms with Crippen LogP contribution >= 0.6 is 0 Å². The van der Waals surface area contributed by atoms with E-state index in [0.29, 0.717) is 0 Å². The smallest absolute Gasteiger partial charge is 0.195 e. The van der Waals surface area contributed by atoms with Gasteiger partial charge in [0, 0.05) is 10.8 Å². The molecular formula is C11H6O. The molecule has 12 heavy (non-hydrogen) atoms. The molecule has 1 nitrogen and oxygen atoms in total. The highest BCUT2D eigenvalue weighted by atomic mass is 16.1. The normalized spacial score (nSPS) is 11.7. The molecule has 0 unspecified atom stereocenters.